The average molecular weight is 187 g/mol. The number of rotatable bonds is 2. The molecule has 0 aliphatic heterocycles. The molecule has 1 nitrogen and oxygen atoms in total. The van der Waals surface area contributed by atoms with Gasteiger partial charge in [0.1, 0.15) is 5.82 Å². The quantitative estimate of drug-likeness (QED) is 0.513. The van der Waals surface area contributed by atoms with Crippen LogP contribution in [0.25, 0.3) is 0 Å². The topological polar surface area (TPSA) is 17.1 Å². The van der Waals surface area contributed by atoms with E-state index in [2.05, 4.69) is 0 Å². The maximum Gasteiger partial charge on any atom is 0.177 e. The smallest absolute Gasteiger partial charge is 0.177 e. The number of Topliss-reactive ketones (excluding diaryl/α,β-unsaturated/α-hetero) is 1. The molecule has 1 rings (SSSR count). The van der Waals surface area contributed by atoms with Gasteiger partial charge >= 0.3 is 0 Å². The molecule has 0 unspecified atom stereocenters. The van der Waals surface area contributed by atoms with E-state index in [1.54, 1.807) is 19.1 Å². The predicted octanol–water partition coefficient (Wildman–Crippen LogP) is 2.56. The zero-order chi connectivity index (χ0) is 9.14. The standard InChI is InChI=1S/C9H8ClFO/c1-6-2-3-7(4-8(6)11)9(12)5-10/h2-4H,5H2,1H3. The highest BCUT2D eigenvalue weighted by molar-refractivity contribution is 6.30. The fourth-order valence-corrected chi connectivity index (χ4v) is 0.998. The van der Waals surface area contributed by atoms with E-state index >= 15 is 0 Å². The largest absolute Gasteiger partial charge is 0.293 e. The fourth-order valence-electron chi connectivity index (χ4n) is 0.843. The SMILES string of the molecule is Cc1ccc(C(=O)CCl)cc1F. The molecule has 0 aliphatic rings. The van der Waals surface area contributed by atoms with Crippen molar-refractivity contribution < 1.29 is 9.18 Å². The maximum absolute atomic E-state index is 12.9. The van der Waals surface area contributed by atoms with E-state index in [0.29, 0.717) is 11.1 Å². The molecule has 0 radical (unpaired) electrons. The first-order valence-electron chi connectivity index (χ1n) is 3.50. The second-order valence-corrected chi connectivity index (χ2v) is 2.79. The van der Waals surface area contributed by atoms with Crippen molar-refractivity contribution in [1.29, 1.82) is 0 Å². The zero-order valence-electron chi connectivity index (χ0n) is 6.60. The van der Waals surface area contributed by atoms with Crippen molar-refractivity contribution in [3.8, 4) is 0 Å². The minimum absolute atomic E-state index is 0.109. The Hall–Kier alpha value is -0.890. The van der Waals surface area contributed by atoms with Crippen LogP contribution in [0.5, 0.6) is 0 Å². The van der Waals surface area contributed by atoms with Crippen LogP contribution in [0.1, 0.15) is 15.9 Å². The lowest BCUT2D eigenvalue weighted by Crippen LogP contribution is -2.00. The number of hydrogen-bond acceptors (Lipinski definition) is 1. The average Bonchev–Trinajstić information content (AvgIpc) is 2.08. The molecule has 0 atom stereocenters. The molecular weight excluding hydrogens is 179 g/mol. The molecule has 0 bridgehead atoms. The van der Waals surface area contributed by atoms with Crippen LogP contribution in [0.3, 0.4) is 0 Å². The molecule has 3 heteroatoms. The summed E-state index contributed by atoms with van der Waals surface area (Å²) in [6.45, 7) is 1.64. The molecule has 12 heavy (non-hydrogen) atoms. The number of hydrogen-bond donors (Lipinski definition) is 0. The normalized spacial score (nSPS) is 9.92. The first-order chi connectivity index (χ1) is 5.65. The lowest BCUT2D eigenvalue weighted by atomic mass is 10.1. The van der Waals surface area contributed by atoms with Crippen LogP contribution in [0, 0.1) is 12.7 Å². The summed E-state index contributed by atoms with van der Waals surface area (Å²) < 4.78 is 12.9. The van der Waals surface area contributed by atoms with Crippen molar-refractivity contribution in [1.82, 2.24) is 0 Å². The van der Waals surface area contributed by atoms with E-state index in [1.165, 1.54) is 6.07 Å². The molecule has 0 spiro atoms. The van der Waals surface area contributed by atoms with E-state index in [9.17, 15) is 9.18 Å². The highest BCUT2D eigenvalue weighted by atomic mass is 35.5. The van der Waals surface area contributed by atoms with Crippen LogP contribution in [-0.4, -0.2) is 11.7 Å². The van der Waals surface area contributed by atoms with E-state index in [0.717, 1.165) is 0 Å². The van der Waals surface area contributed by atoms with Gasteiger partial charge in [-0.05, 0) is 18.6 Å². The summed E-state index contributed by atoms with van der Waals surface area (Å²) >= 11 is 5.31. The van der Waals surface area contributed by atoms with Gasteiger partial charge in [0, 0.05) is 5.56 Å². The molecule has 0 amide bonds. The minimum Gasteiger partial charge on any atom is -0.293 e. The number of carbonyl (C=O) groups excluding carboxylic acids is 1. The Morgan fingerprint density at radius 1 is 1.58 bits per heavy atom. The number of ketones is 1. The summed E-state index contributed by atoms with van der Waals surface area (Å²) in [4.78, 5) is 11.0. The summed E-state index contributed by atoms with van der Waals surface area (Å²) in [5.41, 5.74) is 0.856. The highest BCUT2D eigenvalue weighted by Gasteiger charge is 2.05. The first-order valence-corrected chi connectivity index (χ1v) is 4.04. The number of aryl methyl sites for hydroxylation is 1. The Morgan fingerprint density at radius 2 is 2.25 bits per heavy atom. The Kier molecular flexibility index (Phi) is 2.82. The second kappa shape index (κ2) is 3.68. The lowest BCUT2D eigenvalue weighted by molar-refractivity contribution is 0.102. The molecule has 1 aromatic rings. The molecule has 0 N–H and O–H groups in total. The van der Waals surface area contributed by atoms with Crippen LogP contribution in [-0.2, 0) is 0 Å². The monoisotopic (exact) mass is 186 g/mol. The maximum atomic E-state index is 12.9. The summed E-state index contributed by atoms with van der Waals surface area (Å²) in [6, 6.07) is 4.35. The Labute approximate surface area is 75.2 Å². The second-order valence-electron chi connectivity index (χ2n) is 2.52. The molecule has 0 heterocycles. The fraction of sp³-hybridized carbons (Fsp3) is 0.222. The zero-order valence-corrected chi connectivity index (χ0v) is 7.36. The van der Waals surface area contributed by atoms with Gasteiger partial charge in [-0.2, -0.15) is 0 Å². The molecule has 0 aromatic heterocycles. The number of benzene rings is 1. The van der Waals surface area contributed by atoms with Crippen LogP contribution in [0.2, 0.25) is 0 Å². The van der Waals surface area contributed by atoms with E-state index < -0.39 is 0 Å². The van der Waals surface area contributed by atoms with Gasteiger partial charge in [-0.3, -0.25) is 4.79 Å². The molecule has 0 saturated heterocycles. The first kappa shape index (κ1) is 9.20. The lowest BCUT2D eigenvalue weighted by Gasteiger charge is -1.99. The minimum atomic E-state index is -0.369. The molecule has 1 aromatic carbocycles. The Balaban J connectivity index is 3.05. The van der Waals surface area contributed by atoms with Gasteiger partial charge in [-0.25, -0.2) is 4.39 Å². The Morgan fingerprint density at radius 3 is 2.75 bits per heavy atom. The predicted molar refractivity (Wildman–Crippen MR) is 46.2 cm³/mol. The van der Waals surface area contributed by atoms with Gasteiger partial charge in [0.25, 0.3) is 0 Å². The highest BCUT2D eigenvalue weighted by Crippen LogP contribution is 2.09. The van der Waals surface area contributed by atoms with Crippen molar-refractivity contribution >= 4 is 17.4 Å². The van der Waals surface area contributed by atoms with Gasteiger partial charge in [0.15, 0.2) is 5.78 Å². The van der Waals surface area contributed by atoms with E-state index in [4.69, 9.17) is 11.6 Å². The van der Waals surface area contributed by atoms with E-state index in [-0.39, 0.29) is 17.5 Å². The van der Waals surface area contributed by atoms with Crippen molar-refractivity contribution in [2.75, 3.05) is 5.88 Å². The summed E-state index contributed by atoms with van der Waals surface area (Å²) in [5.74, 6) is -0.732. The summed E-state index contributed by atoms with van der Waals surface area (Å²) in [6.07, 6.45) is 0. The van der Waals surface area contributed by atoms with Crippen LogP contribution < -0.4 is 0 Å². The van der Waals surface area contributed by atoms with Gasteiger partial charge in [0.05, 0.1) is 5.88 Å². The van der Waals surface area contributed by atoms with Crippen LogP contribution in [0.15, 0.2) is 18.2 Å². The third kappa shape index (κ3) is 1.83. The van der Waals surface area contributed by atoms with Crippen molar-refractivity contribution in [2.45, 2.75) is 6.92 Å². The molecule has 0 fully saturated rings. The van der Waals surface area contributed by atoms with Gasteiger partial charge < -0.3 is 0 Å². The van der Waals surface area contributed by atoms with Gasteiger partial charge in [-0.15, -0.1) is 11.6 Å². The third-order valence-corrected chi connectivity index (χ3v) is 1.86. The number of carbonyl (C=O) groups is 1. The van der Waals surface area contributed by atoms with Crippen LogP contribution in [0.4, 0.5) is 4.39 Å². The molecular formula is C9H8ClFO. The van der Waals surface area contributed by atoms with Crippen molar-refractivity contribution in [3.05, 3.63) is 35.1 Å². The van der Waals surface area contributed by atoms with Crippen molar-refractivity contribution in [2.24, 2.45) is 0 Å². The van der Waals surface area contributed by atoms with Crippen molar-refractivity contribution in [3.63, 3.8) is 0 Å². The number of alkyl halides is 1. The molecule has 0 aliphatic carbocycles. The third-order valence-electron chi connectivity index (χ3n) is 1.62. The summed E-state index contributed by atoms with van der Waals surface area (Å²) in [7, 11) is 0. The van der Waals surface area contributed by atoms with Crippen LogP contribution >= 0.6 is 11.6 Å². The number of halogens is 2. The van der Waals surface area contributed by atoms with Gasteiger partial charge in [-0.1, -0.05) is 12.1 Å². The molecule has 0 saturated carbocycles. The molecule has 64 valence electrons. The van der Waals surface area contributed by atoms with Gasteiger partial charge in [0.2, 0.25) is 0 Å². The van der Waals surface area contributed by atoms with E-state index in [1.807, 2.05) is 0 Å². The summed E-state index contributed by atoms with van der Waals surface area (Å²) in [5, 5.41) is 0. The Bertz CT molecular complexity index is 309.